The monoisotopic (exact) mass is 273 g/mol. The summed E-state index contributed by atoms with van der Waals surface area (Å²) in [5, 5.41) is 0. The minimum atomic E-state index is -0.406. The second kappa shape index (κ2) is 7.00. The van der Waals surface area contributed by atoms with Gasteiger partial charge in [-0.2, -0.15) is 0 Å². The molecule has 98 valence electrons. The van der Waals surface area contributed by atoms with Crippen LogP contribution in [0.1, 0.15) is 18.1 Å². The summed E-state index contributed by atoms with van der Waals surface area (Å²) in [6.07, 6.45) is 0. The van der Waals surface area contributed by atoms with Crippen molar-refractivity contribution in [2.75, 3.05) is 0 Å². The fourth-order valence-corrected chi connectivity index (χ4v) is 3.48. The lowest BCUT2D eigenvalue weighted by Crippen LogP contribution is -2.15. The molecule has 0 amide bonds. The molecule has 2 aromatic rings. The van der Waals surface area contributed by atoms with E-state index in [2.05, 4.69) is 24.3 Å². The van der Waals surface area contributed by atoms with Crippen LogP contribution >= 0.6 is 0 Å². The molecule has 0 aliphatic carbocycles. The quantitative estimate of drug-likeness (QED) is 0.780. The van der Waals surface area contributed by atoms with Crippen molar-refractivity contribution in [2.24, 2.45) is 0 Å². The zero-order chi connectivity index (χ0) is 13.5. The van der Waals surface area contributed by atoms with Crippen molar-refractivity contribution in [2.45, 2.75) is 18.4 Å². The van der Waals surface area contributed by atoms with Crippen LogP contribution < -0.4 is 0 Å². The van der Waals surface area contributed by atoms with Crippen molar-refractivity contribution in [1.82, 2.24) is 0 Å². The standard InChI is InChI=1S/C16H17O2S/c1-14(17)18-19(12-15-8-4-2-5-9-15)13-16-10-6-3-7-11-16/h2-11H,12-13H2,1H3/q+1. The Labute approximate surface area is 117 Å². The van der Waals surface area contributed by atoms with E-state index in [9.17, 15) is 4.79 Å². The van der Waals surface area contributed by atoms with E-state index in [1.807, 2.05) is 36.4 Å². The molecule has 0 unspecified atom stereocenters. The Morgan fingerprint density at radius 2 is 1.32 bits per heavy atom. The fraction of sp³-hybridized carbons (Fsp3) is 0.188. The largest absolute Gasteiger partial charge is 0.361 e. The summed E-state index contributed by atoms with van der Waals surface area (Å²) in [5.74, 6) is 1.33. The van der Waals surface area contributed by atoms with Crippen molar-refractivity contribution < 1.29 is 8.98 Å². The van der Waals surface area contributed by atoms with Crippen LogP contribution in [0.25, 0.3) is 0 Å². The topological polar surface area (TPSA) is 26.3 Å². The van der Waals surface area contributed by atoms with Gasteiger partial charge in [-0.15, -0.1) is 0 Å². The number of benzene rings is 2. The number of carbonyl (C=O) groups excluding carboxylic acids is 1. The Morgan fingerprint density at radius 3 is 1.68 bits per heavy atom. The van der Waals surface area contributed by atoms with E-state index in [-0.39, 0.29) is 5.97 Å². The van der Waals surface area contributed by atoms with E-state index in [0.717, 1.165) is 11.5 Å². The molecular formula is C16H17O2S+. The van der Waals surface area contributed by atoms with Gasteiger partial charge in [0.15, 0.2) is 11.5 Å². The van der Waals surface area contributed by atoms with Gasteiger partial charge in [0.25, 0.3) is 0 Å². The summed E-state index contributed by atoms with van der Waals surface area (Å²) in [6.45, 7) is 1.47. The molecule has 0 heterocycles. The van der Waals surface area contributed by atoms with Gasteiger partial charge in [0.05, 0.1) is 0 Å². The van der Waals surface area contributed by atoms with Crippen molar-refractivity contribution in [3.63, 3.8) is 0 Å². The molecule has 0 saturated heterocycles. The van der Waals surface area contributed by atoms with Crippen LogP contribution in [0.15, 0.2) is 60.7 Å². The van der Waals surface area contributed by atoms with E-state index in [1.54, 1.807) is 0 Å². The van der Waals surface area contributed by atoms with Gasteiger partial charge in [0.1, 0.15) is 0 Å². The van der Waals surface area contributed by atoms with Gasteiger partial charge in [-0.05, 0) is 0 Å². The maximum atomic E-state index is 11.2. The van der Waals surface area contributed by atoms with Crippen LogP contribution in [0.2, 0.25) is 0 Å². The maximum Gasteiger partial charge on any atom is 0.361 e. The van der Waals surface area contributed by atoms with Crippen LogP contribution in [-0.4, -0.2) is 5.97 Å². The smallest absolute Gasteiger partial charge is 0.247 e. The Bertz CT molecular complexity index is 469. The summed E-state index contributed by atoms with van der Waals surface area (Å²) in [6, 6.07) is 20.3. The first-order valence-electron chi connectivity index (χ1n) is 6.18. The van der Waals surface area contributed by atoms with Crippen molar-refractivity contribution in [3.05, 3.63) is 71.8 Å². The molecular weight excluding hydrogens is 256 g/mol. The normalized spacial score (nSPS) is 10.4. The first-order chi connectivity index (χ1) is 9.24. The Hall–Kier alpha value is -1.74. The fourth-order valence-electron chi connectivity index (χ4n) is 1.80. The average molecular weight is 273 g/mol. The molecule has 0 aliphatic heterocycles. The second-order valence-corrected chi connectivity index (χ2v) is 5.90. The van der Waals surface area contributed by atoms with Gasteiger partial charge in [-0.3, -0.25) is 0 Å². The highest BCUT2D eigenvalue weighted by molar-refractivity contribution is 7.91. The summed E-state index contributed by atoms with van der Waals surface area (Å²) in [5.41, 5.74) is 2.39. The van der Waals surface area contributed by atoms with E-state index >= 15 is 0 Å². The molecule has 0 radical (unpaired) electrons. The van der Waals surface area contributed by atoms with Crippen LogP contribution in [0.5, 0.6) is 0 Å². The van der Waals surface area contributed by atoms with Gasteiger partial charge in [-0.25, -0.2) is 8.98 Å². The summed E-state index contributed by atoms with van der Waals surface area (Å²) in [7, 11) is 0. The Balaban J connectivity index is 2.06. The van der Waals surface area contributed by atoms with E-state index in [0.29, 0.717) is 0 Å². The van der Waals surface area contributed by atoms with E-state index in [4.69, 9.17) is 4.18 Å². The molecule has 2 aromatic carbocycles. The highest BCUT2D eigenvalue weighted by Gasteiger charge is 2.24. The van der Waals surface area contributed by atoms with Gasteiger partial charge in [-0.1, -0.05) is 60.7 Å². The number of carbonyl (C=O) groups is 1. The molecule has 0 saturated carbocycles. The molecule has 2 nitrogen and oxygen atoms in total. The summed E-state index contributed by atoms with van der Waals surface area (Å²) in [4.78, 5) is 11.2. The number of hydrogen-bond acceptors (Lipinski definition) is 2. The van der Waals surface area contributed by atoms with Gasteiger partial charge in [0.2, 0.25) is 11.2 Å². The molecule has 2 rings (SSSR count). The zero-order valence-corrected chi connectivity index (χ0v) is 11.7. The predicted molar refractivity (Wildman–Crippen MR) is 79.4 cm³/mol. The molecule has 0 spiro atoms. The molecule has 0 aliphatic rings. The van der Waals surface area contributed by atoms with Gasteiger partial charge >= 0.3 is 5.97 Å². The van der Waals surface area contributed by atoms with E-state index < -0.39 is 11.2 Å². The SMILES string of the molecule is CC(=O)O[S+](Cc1ccccc1)Cc1ccccc1. The third-order valence-corrected chi connectivity index (χ3v) is 4.36. The van der Waals surface area contributed by atoms with Crippen LogP contribution in [0.3, 0.4) is 0 Å². The first-order valence-corrected chi connectivity index (χ1v) is 7.67. The maximum absolute atomic E-state index is 11.2. The van der Waals surface area contributed by atoms with Crippen molar-refractivity contribution in [1.29, 1.82) is 0 Å². The second-order valence-electron chi connectivity index (χ2n) is 4.27. The van der Waals surface area contributed by atoms with Crippen LogP contribution in [-0.2, 0) is 31.7 Å². The highest BCUT2D eigenvalue weighted by atomic mass is 32.2. The minimum Gasteiger partial charge on any atom is -0.247 e. The van der Waals surface area contributed by atoms with Gasteiger partial charge in [0, 0.05) is 18.1 Å². The lowest BCUT2D eigenvalue weighted by Gasteiger charge is -2.06. The van der Waals surface area contributed by atoms with Crippen LogP contribution in [0, 0.1) is 0 Å². The Morgan fingerprint density at radius 1 is 0.895 bits per heavy atom. The molecule has 0 aromatic heterocycles. The molecule has 19 heavy (non-hydrogen) atoms. The molecule has 0 N–H and O–H groups in total. The van der Waals surface area contributed by atoms with Crippen molar-refractivity contribution >= 4 is 17.1 Å². The lowest BCUT2D eigenvalue weighted by atomic mass is 10.2. The Kier molecular flexibility index (Phi) is 5.04. The lowest BCUT2D eigenvalue weighted by molar-refractivity contribution is -0.130. The number of rotatable bonds is 5. The third-order valence-electron chi connectivity index (χ3n) is 2.58. The average Bonchev–Trinajstić information content (AvgIpc) is 2.40. The summed E-state index contributed by atoms with van der Waals surface area (Å²) < 4.78 is 5.45. The number of hydrogen-bond donors (Lipinski definition) is 0. The molecule has 0 fully saturated rings. The third kappa shape index (κ3) is 4.79. The van der Waals surface area contributed by atoms with Gasteiger partial charge < -0.3 is 0 Å². The first kappa shape index (κ1) is 13.7. The molecule has 0 bridgehead atoms. The molecule has 3 heteroatoms. The van der Waals surface area contributed by atoms with E-state index in [1.165, 1.54) is 18.1 Å². The minimum absolute atomic E-state index is 0.213. The van der Waals surface area contributed by atoms with Crippen molar-refractivity contribution in [3.8, 4) is 0 Å². The highest BCUT2D eigenvalue weighted by Crippen LogP contribution is 2.16. The zero-order valence-electron chi connectivity index (χ0n) is 10.9. The molecule has 0 atom stereocenters. The van der Waals surface area contributed by atoms with Crippen LogP contribution in [0.4, 0.5) is 0 Å². The summed E-state index contributed by atoms with van der Waals surface area (Å²) >= 11 is -0.406. The predicted octanol–water partition coefficient (Wildman–Crippen LogP) is 3.48.